The number of unbranched alkanes of at least 4 members (excludes halogenated alkanes) is 2. The van der Waals surface area contributed by atoms with Crippen LogP contribution in [0.5, 0.6) is 0 Å². The smallest absolute Gasteiger partial charge is 0.0638 e. The minimum atomic E-state index is -0.0247. The Kier molecular flexibility index (Phi) is 9.54. The fraction of sp³-hybridized carbons (Fsp3) is 1.00. The van der Waals surface area contributed by atoms with Crippen LogP contribution in [-0.2, 0) is 4.52 Å². The lowest BCUT2D eigenvalue weighted by molar-refractivity contribution is 0.353. The molecule has 4 heteroatoms. The van der Waals surface area contributed by atoms with Crippen LogP contribution in [0.3, 0.4) is 0 Å². The van der Waals surface area contributed by atoms with Gasteiger partial charge < -0.3 is 9.42 Å². The molecule has 0 aliphatic rings. The molecule has 1 N–H and O–H groups in total. The van der Waals surface area contributed by atoms with Gasteiger partial charge in [-0.25, -0.2) is 0 Å². The van der Waals surface area contributed by atoms with Crippen molar-refractivity contribution in [3.05, 3.63) is 0 Å². The Balaban J connectivity index is 2.60. The highest BCUT2D eigenvalue weighted by molar-refractivity contribution is 8.06. The molecule has 9 heavy (non-hydrogen) atoms. The first kappa shape index (κ1) is 9.78. The van der Waals surface area contributed by atoms with E-state index in [0.29, 0.717) is 8.50 Å². The van der Waals surface area contributed by atoms with Gasteiger partial charge in [0.15, 0.2) is 0 Å². The Labute approximate surface area is 60.0 Å². The zero-order valence-corrected chi connectivity index (χ0v) is 7.68. The van der Waals surface area contributed by atoms with Crippen LogP contribution < -0.4 is 0 Å². The van der Waals surface area contributed by atoms with Crippen molar-refractivity contribution in [2.75, 3.05) is 6.61 Å². The van der Waals surface area contributed by atoms with E-state index in [9.17, 15) is 0 Å². The van der Waals surface area contributed by atoms with Gasteiger partial charge in [-0.05, 0) is 6.42 Å². The third-order valence-corrected chi connectivity index (χ3v) is 2.11. The highest BCUT2D eigenvalue weighted by atomic mass is 32.0. The van der Waals surface area contributed by atoms with Gasteiger partial charge >= 0.3 is 0 Å². The van der Waals surface area contributed by atoms with E-state index in [-0.39, 0.29) is 8.50 Å². The van der Waals surface area contributed by atoms with E-state index in [4.69, 9.17) is 9.42 Å². The van der Waals surface area contributed by atoms with Crippen molar-refractivity contribution in [2.24, 2.45) is 0 Å². The number of rotatable bonds is 6. The maximum absolute atomic E-state index is 8.34. The van der Waals surface area contributed by atoms with E-state index < -0.39 is 0 Å². The summed E-state index contributed by atoms with van der Waals surface area (Å²) in [5.74, 6) is 0. The van der Waals surface area contributed by atoms with Crippen LogP contribution in [0.15, 0.2) is 0 Å². The van der Waals surface area contributed by atoms with Crippen molar-refractivity contribution in [3.63, 3.8) is 0 Å². The third kappa shape index (κ3) is 8.78. The Bertz CT molecular complexity index is 46.2. The molecular formula is C5H14O2P2. The predicted octanol–water partition coefficient (Wildman–Crippen LogP) is 2.29. The van der Waals surface area contributed by atoms with E-state index in [1.807, 2.05) is 0 Å². The summed E-state index contributed by atoms with van der Waals surface area (Å²) >= 11 is 0. The second-order valence-corrected chi connectivity index (χ2v) is 3.77. The van der Waals surface area contributed by atoms with E-state index in [2.05, 4.69) is 6.92 Å². The molecule has 0 amide bonds. The third-order valence-electron chi connectivity index (χ3n) is 0.968. The Morgan fingerprint density at radius 3 is 2.78 bits per heavy atom. The molecule has 0 bridgehead atoms. The summed E-state index contributed by atoms with van der Waals surface area (Å²) in [5, 5.41) is 0. The lowest BCUT2D eigenvalue weighted by Gasteiger charge is -1.98. The molecule has 0 heterocycles. The molecule has 0 fully saturated rings. The molecule has 0 aromatic carbocycles. The summed E-state index contributed by atoms with van der Waals surface area (Å²) < 4.78 is 5.07. The van der Waals surface area contributed by atoms with Gasteiger partial charge in [0.2, 0.25) is 0 Å². The normalized spacial score (nSPS) is 12.7. The molecule has 0 aromatic heterocycles. The zero-order valence-electron chi connectivity index (χ0n) is 5.68. The maximum Gasteiger partial charge on any atom is 0.0638 e. The van der Waals surface area contributed by atoms with Gasteiger partial charge in [-0.3, -0.25) is 0 Å². The number of hydrogen-bond donors (Lipinski definition) is 1. The van der Waals surface area contributed by atoms with Gasteiger partial charge in [-0.15, -0.1) is 0 Å². The lowest BCUT2D eigenvalue weighted by atomic mass is 10.3. The summed E-state index contributed by atoms with van der Waals surface area (Å²) in [6.07, 6.45) is 3.60. The van der Waals surface area contributed by atoms with Crippen molar-refractivity contribution < 1.29 is 9.42 Å². The minimum absolute atomic E-state index is 0.0247. The van der Waals surface area contributed by atoms with Crippen molar-refractivity contribution >= 4 is 17.0 Å². The fourth-order valence-electron chi connectivity index (χ4n) is 0.508. The van der Waals surface area contributed by atoms with Gasteiger partial charge in [0, 0.05) is 0 Å². The molecule has 0 aliphatic carbocycles. The van der Waals surface area contributed by atoms with Gasteiger partial charge in [0.05, 0.1) is 23.6 Å². The van der Waals surface area contributed by atoms with E-state index in [1.54, 1.807) is 0 Å². The summed E-state index contributed by atoms with van der Waals surface area (Å²) in [4.78, 5) is 8.34. The molecule has 0 radical (unpaired) electrons. The van der Waals surface area contributed by atoms with Crippen LogP contribution in [0, 0.1) is 0 Å². The van der Waals surface area contributed by atoms with Gasteiger partial charge in [0.25, 0.3) is 0 Å². The molecule has 0 aromatic rings. The van der Waals surface area contributed by atoms with Crippen LogP contribution >= 0.6 is 17.0 Å². The van der Waals surface area contributed by atoms with Crippen LogP contribution in [0.4, 0.5) is 0 Å². The summed E-state index contributed by atoms with van der Waals surface area (Å²) in [7, 11) is 0.285. The zero-order chi connectivity index (χ0) is 6.95. The quantitative estimate of drug-likeness (QED) is 0.487. The monoisotopic (exact) mass is 168 g/mol. The first-order chi connectivity index (χ1) is 4.41. The standard InChI is InChI=1S/C5H14O2P2/c1-2-3-4-5-7-9-8-6/h6,8-9H,2-5H2,1H3. The van der Waals surface area contributed by atoms with E-state index in [1.165, 1.54) is 12.8 Å². The van der Waals surface area contributed by atoms with Crippen LogP contribution in [0.2, 0.25) is 0 Å². The first-order valence-electron chi connectivity index (χ1n) is 3.17. The highest BCUT2D eigenvalue weighted by Gasteiger charge is 1.85. The predicted molar refractivity (Wildman–Crippen MR) is 44.3 cm³/mol. The lowest BCUT2D eigenvalue weighted by Crippen LogP contribution is -1.82. The minimum Gasteiger partial charge on any atom is -0.370 e. The first-order valence-corrected chi connectivity index (χ1v) is 6.03. The molecule has 0 saturated heterocycles. The largest absolute Gasteiger partial charge is 0.370 e. The summed E-state index contributed by atoms with van der Waals surface area (Å²) in [5.41, 5.74) is 0. The summed E-state index contributed by atoms with van der Waals surface area (Å²) in [6, 6.07) is 0. The Morgan fingerprint density at radius 2 is 2.22 bits per heavy atom. The fourth-order valence-corrected chi connectivity index (χ4v) is 1.32. The summed E-state index contributed by atoms with van der Waals surface area (Å²) in [6.45, 7) is 2.98. The molecule has 2 nitrogen and oxygen atoms in total. The average molecular weight is 168 g/mol. The second-order valence-electron chi connectivity index (χ2n) is 1.77. The maximum atomic E-state index is 8.34. The van der Waals surface area contributed by atoms with Gasteiger partial charge in [0.1, 0.15) is 0 Å². The highest BCUT2D eigenvalue weighted by Crippen LogP contribution is 2.33. The number of hydrogen-bond acceptors (Lipinski definition) is 2. The van der Waals surface area contributed by atoms with E-state index >= 15 is 0 Å². The molecule has 56 valence electrons. The Hall–Kier alpha value is 0.780. The topological polar surface area (TPSA) is 29.5 Å². The molecule has 0 aliphatic heterocycles. The van der Waals surface area contributed by atoms with Crippen molar-refractivity contribution in [1.82, 2.24) is 0 Å². The molecule has 0 saturated carbocycles. The van der Waals surface area contributed by atoms with Crippen molar-refractivity contribution in [3.8, 4) is 0 Å². The molecular weight excluding hydrogens is 154 g/mol. The van der Waals surface area contributed by atoms with Crippen LogP contribution in [-0.4, -0.2) is 11.5 Å². The molecule has 0 spiro atoms. The van der Waals surface area contributed by atoms with Gasteiger partial charge in [-0.2, -0.15) is 0 Å². The second kappa shape index (κ2) is 8.78. The van der Waals surface area contributed by atoms with Crippen molar-refractivity contribution in [2.45, 2.75) is 26.2 Å². The van der Waals surface area contributed by atoms with Gasteiger partial charge in [-0.1, -0.05) is 19.8 Å². The van der Waals surface area contributed by atoms with Crippen molar-refractivity contribution in [1.29, 1.82) is 0 Å². The van der Waals surface area contributed by atoms with E-state index in [0.717, 1.165) is 13.0 Å². The average Bonchev–Trinajstić information content (AvgIpc) is 1.89. The Morgan fingerprint density at radius 1 is 1.44 bits per heavy atom. The molecule has 0 rings (SSSR count). The molecule has 2 unspecified atom stereocenters. The van der Waals surface area contributed by atoms with Crippen LogP contribution in [0.1, 0.15) is 26.2 Å². The molecule has 2 atom stereocenters. The van der Waals surface area contributed by atoms with Crippen LogP contribution in [0.25, 0.3) is 0 Å². The SMILES string of the molecule is CCCCCOPPO.